The van der Waals surface area contributed by atoms with Crippen molar-refractivity contribution >= 4 is 23.2 Å². The number of piperidine rings is 1. The molecule has 0 saturated carbocycles. The van der Waals surface area contributed by atoms with E-state index in [-0.39, 0.29) is 23.3 Å². The number of carboxylic acid groups (broad SMARTS) is 1. The van der Waals surface area contributed by atoms with Gasteiger partial charge in [-0.2, -0.15) is 5.26 Å². The van der Waals surface area contributed by atoms with Gasteiger partial charge in [0.25, 0.3) is 0 Å². The third kappa shape index (κ3) is 5.26. The van der Waals surface area contributed by atoms with Crippen LogP contribution in [0.15, 0.2) is 54.6 Å². The summed E-state index contributed by atoms with van der Waals surface area (Å²) in [7, 11) is 0. The highest BCUT2D eigenvalue weighted by molar-refractivity contribution is 5.88. The van der Waals surface area contributed by atoms with Crippen LogP contribution < -0.4 is 4.74 Å². The Morgan fingerprint density at radius 1 is 1.09 bits per heavy atom. The van der Waals surface area contributed by atoms with Crippen LogP contribution in [0.5, 0.6) is 5.75 Å². The Balaban J connectivity index is 1.08. The largest absolute Gasteiger partial charge is 0.481 e. The van der Waals surface area contributed by atoms with Gasteiger partial charge in [0.05, 0.1) is 30.8 Å². The van der Waals surface area contributed by atoms with Gasteiger partial charge >= 0.3 is 5.97 Å². The molecule has 0 spiro atoms. The number of hydrogen-bond donors (Lipinski definition) is 1. The zero-order chi connectivity index (χ0) is 29.5. The van der Waals surface area contributed by atoms with Crippen LogP contribution in [-0.2, 0) is 17.8 Å². The number of likely N-dealkylation sites (tertiary alicyclic amines) is 1. The molecule has 5 heterocycles. The topological polar surface area (TPSA) is 114 Å². The average Bonchev–Trinajstić information content (AvgIpc) is 3.34. The summed E-state index contributed by atoms with van der Waals surface area (Å²) in [5.41, 5.74) is 4.06. The molecular formula is C33H30FN5O4. The number of carbonyl (C=O) groups is 1. The molecule has 2 aromatic heterocycles. The van der Waals surface area contributed by atoms with E-state index in [2.05, 4.69) is 16.0 Å². The van der Waals surface area contributed by atoms with Crippen molar-refractivity contribution in [2.24, 2.45) is 0 Å². The standard InChI is InChI=1S/C33H30FN5O4/c34-26-16-20(17-35)4-6-25(26)29-9-5-22-2-1-3-24(31(22)43-29)21-10-13-38(14-11-21)19-30-36-27-7-8-28(33(40)41)37-32(27)39(30)18-23-12-15-42-23/h1-9,16,21,23,29H,10-15,18-19H2,(H,40,41). The molecule has 2 fully saturated rings. The summed E-state index contributed by atoms with van der Waals surface area (Å²) in [6.45, 7) is 3.67. The predicted molar refractivity (Wildman–Crippen MR) is 156 cm³/mol. The molecule has 10 heteroatoms. The molecule has 218 valence electrons. The third-order valence-electron chi connectivity index (χ3n) is 8.67. The molecule has 3 aliphatic rings. The first-order valence-electron chi connectivity index (χ1n) is 14.6. The molecule has 9 nitrogen and oxygen atoms in total. The molecule has 0 aliphatic carbocycles. The Morgan fingerprint density at radius 2 is 1.93 bits per heavy atom. The van der Waals surface area contributed by atoms with E-state index in [0.717, 1.165) is 61.7 Å². The number of hydrogen-bond acceptors (Lipinski definition) is 7. The third-order valence-corrected chi connectivity index (χ3v) is 8.67. The number of carboxylic acids is 1. The first-order chi connectivity index (χ1) is 21.0. The fourth-order valence-corrected chi connectivity index (χ4v) is 6.23. The second-order valence-electron chi connectivity index (χ2n) is 11.3. The van der Waals surface area contributed by atoms with Crippen molar-refractivity contribution in [3.63, 3.8) is 0 Å². The summed E-state index contributed by atoms with van der Waals surface area (Å²) < 4.78 is 28.9. The van der Waals surface area contributed by atoms with Gasteiger partial charge in [0.15, 0.2) is 11.3 Å². The van der Waals surface area contributed by atoms with Gasteiger partial charge in [-0.25, -0.2) is 19.2 Å². The Kier molecular flexibility index (Phi) is 7.13. The van der Waals surface area contributed by atoms with Gasteiger partial charge in [0, 0.05) is 17.7 Å². The first kappa shape index (κ1) is 27.3. The van der Waals surface area contributed by atoms with Crippen molar-refractivity contribution < 1.29 is 23.8 Å². The van der Waals surface area contributed by atoms with Crippen molar-refractivity contribution in [3.05, 3.63) is 94.2 Å². The quantitative estimate of drug-likeness (QED) is 0.307. The number of aromatic carboxylic acids is 1. The maximum absolute atomic E-state index is 14.8. The monoisotopic (exact) mass is 579 g/mol. The average molecular weight is 580 g/mol. The SMILES string of the molecule is N#Cc1ccc(C2C=Cc3cccc(C4CCN(Cc5nc6ccc(C(=O)O)nc6n5CC5CCO5)CC4)c3O2)c(F)c1. The van der Waals surface area contributed by atoms with Crippen molar-refractivity contribution in [2.75, 3.05) is 19.7 Å². The lowest BCUT2D eigenvalue weighted by molar-refractivity contribution is -0.0593. The van der Waals surface area contributed by atoms with Crippen LogP contribution in [0.25, 0.3) is 17.2 Å². The van der Waals surface area contributed by atoms with Crippen LogP contribution in [-0.4, -0.2) is 56.3 Å². The summed E-state index contributed by atoms with van der Waals surface area (Å²) in [5, 5.41) is 18.6. The minimum Gasteiger partial charge on any atom is -0.481 e. The first-order valence-corrected chi connectivity index (χ1v) is 14.6. The number of nitrogens with zero attached hydrogens (tertiary/aromatic N) is 5. The number of benzene rings is 2. The van der Waals surface area contributed by atoms with Crippen molar-refractivity contribution in [3.8, 4) is 11.8 Å². The number of para-hydroxylation sites is 1. The fourth-order valence-electron chi connectivity index (χ4n) is 6.23. The number of ether oxygens (including phenoxy) is 2. The van der Waals surface area contributed by atoms with Gasteiger partial charge in [-0.3, -0.25) is 4.90 Å². The Hall–Kier alpha value is -4.59. The van der Waals surface area contributed by atoms with Gasteiger partial charge in [0.1, 0.15) is 29.0 Å². The van der Waals surface area contributed by atoms with E-state index in [1.54, 1.807) is 18.2 Å². The van der Waals surface area contributed by atoms with Crippen molar-refractivity contribution in [1.29, 1.82) is 5.26 Å². The molecule has 43 heavy (non-hydrogen) atoms. The summed E-state index contributed by atoms with van der Waals surface area (Å²) in [5.74, 6) is 0.420. The van der Waals surface area contributed by atoms with Gasteiger partial charge in [-0.05, 0) is 74.2 Å². The van der Waals surface area contributed by atoms with Crippen LogP contribution in [0.3, 0.4) is 0 Å². The highest BCUT2D eigenvalue weighted by atomic mass is 19.1. The summed E-state index contributed by atoms with van der Waals surface area (Å²) in [6, 6.07) is 15.8. The second-order valence-corrected chi connectivity index (χ2v) is 11.3. The van der Waals surface area contributed by atoms with E-state index in [4.69, 9.17) is 19.7 Å². The predicted octanol–water partition coefficient (Wildman–Crippen LogP) is 5.46. The van der Waals surface area contributed by atoms with Crippen LogP contribution in [0, 0.1) is 17.1 Å². The smallest absolute Gasteiger partial charge is 0.354 e. The van der Waals surface area contributed by atoms with E-state index in [9.17, 15) is 14.3 Å². The highest BCUT2D eigenvalue weighted by Crippen LogP contribution is 2.42. The lowest BCUT2D eigenvalue weighted by Crippen LogP contribution is -2.35. The fraction of sp³-hybridized carbons (Fsp3) is 0.333. The van der Waals surface area contributed by atoms with E-state index in [0.29, 0.717) is 29.8 Å². The van der Waals surface area contributed by atoms with Crippen LogP contribution in [0.1, 0.15) is 69.9 Å². The minimum absolute atomic E-state index is 0.00274. The van der Waals surface area contributed by atoms with Crippen molar-refractivity contribution in [2.45, 2.75) is 50.5 Å². The minimum atomic E-state index is -1.06. The second kappa shape index (κ2) is 11.2. The van der Waals surface area contributed by atoms with E-state index in [1.165, 1.54) is 12.1 Å². The lowest BCUT2D eigenvalue weighted by Gasteiger charge is -2.34. The number of pyridine rings is 1. The maximum atomic E-state index is 14.8. The molecule has 2 unspecified atom stereocenters. The van der Waals surface area contributed by atoms with E-state index >= 15 is 0 Å². The van der Waals surface area contributed by atoms with Crippen LogP contribution in [0.4, 0.5) is 4.39 Å². The summed E-state index contributed by atoms with van der Waals surface area (Å²) >= 11 is 0. The zero-order valence-electron chi connectivity index (χ0n) is 23.4. The van der Waals surface area contributed by atoms with Crippen LogP contribution >= 0.6 is 0 Å². The molecule has 2 saturated heterocycles. The van der Waals surface area contributed by atoms with Gasteiger partial charge in [-0.15, -0.1) is 0 Å². The number of halogens is 1. The number of rotatable bonds is 7. The molecule has 0 amide bonds. The number of fused-ring (bicyclic) bond motifs is 2. The molecular weight excluding hydrogens is 549 g/mol. The summed E-state index contributed by atoms with van der Waals surface area (Å²) in [6.07, 6.45) is 6.16. The van der Waals surface area contributed by atoms with Crippen LogP contribution in [0.2, 0.25) is 0 Å². The molecule has 0 bridgehead atoms. The molecule has 2 atom stereocenters. The Bertz CT molecular complexity index is 1780. The molecule has 3 aliphatic heterocycles. The zero-order valence-corrected chi connectivity index (χ0v) is 23.4. The van der Waals surface area contributed by atoms with Gasteiger partial charge in [-0.1, -0.05) is 30.3 Å². The number of nitriles is 1. The Morgan fingerprint density at radius 3 is 2.65 bits per heavy atom. The molecule has 1 N–H and O–H groups in total. The lowest BCUT2D eigenvalue weighted by atomic mass is 9.87. The number of imidazole rings is 1. The van der Waals surface area contributed by atoms with E-state index in [1.807, 2.05) is 34.9 Å². The normalized spacial score (nSPS) is 20.3. The molecule has 4 aromatic rings. The summed E-state index contributed by atoms with van der Waals surface area (Å²) in [4.78, 5) is 23.2. The molecule has 2 aromatic carbocycles. The van der Waals surface area contributed by atoms with Gasteiger partial charge in [0.2, 0.25) is 0 Å². The molecule has 7 rings (SSSR count). The number of aromatic nitrogens is 3. The Labute approximate surface area is 247 Å². The maximum Gasteiger partial charge on any atom is 0.354 e. The van der Waals surface area contributed by atoms with Crippen molar-refractivity contribution in [1.82, 2.24) is 19.4 Å². The van der Waals surface area contributed by atoms with E-state index < -0.39 is 17.9 Å². The van der Waals surface area contributed by atoms with Gasteiger partial charge < -0.3 is 19.1 Å². The highest BCUT2D eigenvalue weighted by Gasteiger charge is 2.29. The molecule has 0 radical (unpaired) electrons.